The van der Waals surface area contributed by atoms with Crippen LogP contribution in [0, 0.1) is 0 Å². The average Bonchev–Trinajstić information content (AvgIpc) is 2.52. The molecule has 23 heavy (non-hydrogen) atoms. The predicted molar refractivity (Wildman–Crippen MR) is 107 cm³/mol. The van der Waals surface area contributed by atoms with Crippen LogP contribution in [0.5, 0.6) is 0 Å². The van der Waals surface area contributed by atoms with Gasteiger partial charge < -0.3 is 5.73 Å². The second-order valence-corrected chi connectivity index (χ2v) is 8.15. The first-order chi connectivity index (χ1) is 11.1. The van der Waals surface area contributed by atoms with Crippen molar-refractivity contribution in [3.8, 4) is 0 Å². The lowest BCUT2D eigenvalue weighted by Crippen LogP contribution is -2.30. The number of rotatable bonds is 13. The van der Waals surface area contributed by atoms with E-state index in [4.69, 9.17) is 5.73 Å². The highest BCUT2D eigenvalue weighted by molar-refractivity contribution is 9.09. The summed E-state index contributed by atoms with van der Waals surface area (Å²) in [6, 6.07) is 8.67. The Morgan fingerprint density at radius 3 is 1.78 bits per heavy atom. The van der Waals surface area contributed by atoms with Crippen LogP contribution in [0.2, 0.25) is 0 Å². The van der Waals surface area contributed by atoms with E-state index >= 15 is 0 Å². The second kappa shape index (κ2) is 12.1. The standard InChI is InChI=1S/C21H36BrN/c1-21(2,23)20-17-13-12-16-19(20)15-11-9-7-5-3-4-6-8-10-14-18-22/h12-13,16-17H,3-11,14-15,18,23H2,1-2H3. The summed E-state index contributed by atoms with van der Waals surface area (Å²) in [6.45, 7) is 4.20. The number of aryl methyl sites for hydroxylation is 1. The maximum Gasteiger partial charge on any atom is 0.0355 e. The monoisotopic (exact) mass is 381 g/mol. The summed E-state index contributed by atoms with van der Waals surface area (Å²) in [4.78, 5) is 0. The van der Waals surface area contributed by atoms with Crippen molar-refractivity contribution in [2.24, 2.45) is 5.73 Å². The van der Waals surface area contributed by atoms with Gasteiger partial charge >= 0.3 is 0 Å². The van der Waals surface area contributed by atoms with Gasteiger partial charge in [0.1, 0.15) is 0 Å². The Morgan fingerprint density at radius 2 is 1.26 bits per heavy atom. The normalized spacial score (nSPS) is 11.8. The van der Waals surface area contributed by atoms with Crippen LogP contribution in [-0.2, 0) is 12.0 Å². The van der Waals surface area contributed by atoms with Crippen molar-refractivity contribution >= 4 is 15.9 Å². The number of nitrogens with two attached hydrogens (primary N) is 1. The van der Waals surface area contributed by atoms with Crippen LogP contribution in [0.25, 0.3) is 0 Å². The molecule has 0 spiro atoms. The van der Waals surface area contributed by atoms with E-state index in [2.05, 4.69) is 54.0 Å². The second-order valence-electron chi connectivity index (χ2n) is 7.35. The smallest absolute Gasteiger partial charge is 0.0355 e. The van der Waals surface area contributed by atoms with Gasteiger partial charge in [-0.2, -0.15) is 0 Å². The molecule has 0 heterocycles. The molecule has 0 bridgehead atoms. The SMILES string of the molecule is CC(C)(N)c1ccccc1CCCCCCCCCCCCBr. The van der Waals surface area contributed by atoms with Gasteiger partial charge in [0.2, 0.25) is 0 Å². The Balaban J connectivity index is 2.08. The summed E-state index contributed by atoms with van der Waals surface area (Å²) in [5, 5.41) is 1.16. The van der Waals surface area contributed by atoms with Crippen LogP contribution in [0.3, 0.4) is 0 Å². The molecular weight excluding hydrogens is 346 g/mol. The van der Waals surface area contributed by atoms with Crippen LogP contribution >= 0.6 is 15.9 Å². The van der Waals surface area contributed by atoms with Gasteiger partial charge in [0, 0.05) is 10.9 Å². The first kappa shape index (κ1) is 20.7. The van der Waals surface area contributed by atoms with E-state index in [1.807, 2.05) is 0 Å². The van der Waals surface area contributed by atoms with E-state index in [1.165, 1.54) is 81.8 Å². The average molecular weight is 382 g/mol. The van der Waals surface area contributed by atoms with Gasteiger partial charge in [-0.05, 0) is 44.2 Å². The van der Waals surface area contributed by atoms with Crippen molar-refractivity contribution in [3.05, 3.63) is 35.4 Å². The summed E-state index contributed by atoms with van der Waals surface area (Å²) in [5.74, 6) is 0. The molecule has 0 aromatic heterocycles. The fourth-order valence-electron chi connectivity index (χ4n) is 3.19. The molecule has 2 heteroatoms. The molecule has 0 fully saturated rings. The molecule has 0 aliphatic carbocycles. The highest BCUT2D eigenvalue weighted by atomic mass is 79.9. The van der Waals surface area contributed by atoms with Crippen LogP contribution in [-0.4, -0.2) is 5.33 Å². The van der Waals surface area contributed by atoms with Crippen molar-refractivity contribution in [3.63, 3.8) is 0 Å². The molecule has 0 saturated carbocycles. The summed E-state index contributed by atoms with van der Waals surface area (Å²) < 4.78 is 0. The minimum atomic E-state index is -0.231. The fraction of sp³-hybridized carbons (Fsp3) is 0.714. The van der Waals surface area contributed by atoms with E-state index in [0.29, 0.717) is 0 Å². The van der Waals surface area contributed by atoms with Gasteiger partial charge in [-0.1, -0.05) is 91.6 Å². The van der Waals surface area contributed by atoms with E-state index in [0.717, 1.165) is 5.33 Å². The first-order valence-electron chi connectivity index (χ1n) is 9.49. The number of hydrogen-bond acceptors (Lipinski definition) is 1. The minimum absolute atomic E-state index is 0.231. The van der Waals surface area contributed by atoms with Gasteiger partial charge in [0.25, 0.3) is 0 Å². The molecule has 0 radical (unpaired) electrons. The van der Waals surface area contributed by atoms with E-state index < -0.39 is 0 Å². The van der Waals surface area contributed by atoms with Crippen molar-refractivity contribution in [2.75, 3.05) is 5.33 Å². The number of unbranched alkanes of at least 4 members (excludes halogenated alkanes) is 9. The fourth-order valence-corrected chi connectivity index (χ4v) is 3.59. The summed E-state index contributed by atoms with van der Waals surface area (Å²) >= 11 is 3.49. The van der Waals surface area contributed by atoms with Crippen molar-refractivity contribution < 1.29 is 0 Å². The Kier molecular flexibility index (Phi) is 10.9. The van der Waals surface area contributed by atoms with Crippen LogP contribution in [0.4, 0.5) is 0 Å². The molecular formula is C21H36BrN. The molecule has 0 aliphatic rings. The maximum atomic E-state index is 6.28. The third kappa shape index (κ3) is 9.52. The molecule has 2 N–H and O–H groups in total. The molecule has 0 amide bonds. The minimum Gasteiger partial charge on any atom is -0.322 e. The molecule has 1 aromatic rings. The number of halogens is 1. The Morgan fingerprint density at radius 1 is 0.783 bits per heavy atom. The third-order valence-corrected chi connectivity index (χ3v) is 5.10. The van der Waals surface area contributed by atoms with Gasteiger partial charge in [-0.15, -0.1) is 0 Å². The maximum absolute atomic E-state index is 6.28. The first-order valence-corrected chi connectivity index (χ1v) is 10.6. The molecule has 132 valence electrons. The van der Waals surface area contributed by atoms with E-state index in [9.17, 15) is 0 Å². The zero-order chi connectivity index (χ0) is 17.0. The van der Waals surface area contributed by atoms with Gasteiger partial charge in [0.15, 0.2) is 0 Å². The topological polar surface area (TPSA) is 26.0 Å². The Hall–Kier alpha value is -0.340. The molecule has 0 aliphatic heterocycles. The predicted octanol–water partition coefficient (Wildman–Crippen LogP) is 6.72. The third-order valence-electron chi connectivity index (χ3n) is 4.54. The van der Waals surface area contributed by atoms with Crippen molar-refractivity contribution in [2.45, 2.75) is 90.0 Å². The summed E-state index contributed by atoms with van der Waals surface area (Å²) in [7, 11) is 0. The molecule has 0 saturated heterocycles. The number of alkyl halides is 1. The van der Waals surface area contributed by atoms with Crippen molar-refractivity contribution in [1.82, 2.24) is 0 Å². The van der Waals surface area contributed by atoms with Crippen molar-refractivity contribution in [1.29, 1.82) is 0 Å². The highest BCUT2D eigenvalue weighted by Gasteiger charge is 2.17. The largest absolute Gasteiger partial charge is 0.322 e. The van der Waals surface area contributed by atoms with E-state index in [-0.39, 0.29) is 5.54 Å². The van der Waals surface area contributed by atoms with Crippen LogP contribution in [0.1, 0.15) is 89.2 Å². The Bertz CT molecular complexity index is 409. The quantitative estimate of drug-likeness (QED) is 0.297. The van der Waals surface area contributed by atoms with Gasteiger partial charge in [0.05, 0.1) is 0 Å². The molecule has 1 rings (SSSR count). The van der Waals surface area contributed by atoms with E-state index in [1.54, 1.807) is 0 Å². The molecule has 1 aromatic carbocycles. The van der Waals surface area contributed by atoms with Crippen LogP contribution < -0.4 is 5.73 Å². The lowest BCUT2D eigenvalue weighted by Gasteiger charge is -2.23. The molecule has 0 atom stereocenters. The Labute approximate surface area is 152 Å². The van der Waals surface area contributed by atoms with Crippen LogP contribution in [0.15, 0.2) is 24.3 Å². The molecule has 0 unspecified atom stereocenters. The summed E-state index contributed by atoms with van der Waals surface area (Å²) in [6.07, 6.45) is 15.0. The number of benzene rings is 1. The van der Waals surface area contributed by atoms with Gasteiger partial charge in [-0.3, -0.25) is 0 Å². The zero-order valence-electron chi connectivity index (χ0n) is 15.2. The number of hydrogen-bond donors (Lipinski definition) is 1. The zero-order valence-corrected chi connectivity index (χ0v) is 16.8. The van der Waals surface area contributed by atoms with Gasteiger partial charge in [-0.25, -0.2) is 0 Å². The summed E-state index contributed by atoms with van der Waals surface area (Å²) in [5.41, 5.74) is 8.80. The highest BCUT2D eigenvalue weighted by Crippen LogP contribution is 2.23. The lowest BCUT2D eigenvalue weighted by molar-refractivity contribution is 0.538. The lowest BCUT2D eigenvalue weighted by atomic mass is 9.89. The molecule has 1 nitrogen and oxygen atoms in total.